The van der Waals surface area contributed by atoms with Gasteiger partial charge in [0.2, 0.25) is 0 Å². The van der Waals surface area contributed by atoms with Crippen molar-refractivity contribution in [2.24, 2.45) is 0 Å². The van der Waals surface area contributed by atoms with E-state index in [0.717, 1.165) is 18.8 Å². The molecule has 0 bridgehead atoms. The van der Waals surface area contributed by atoms with Crippen LogP contribution in [0.1, 0.15) is 30.0 Å². The predicted octanol–water partition coefficient (Wildman–Crippen LogP) is 6.62. The van der Waals surface area contributed by atoms with Crippen molar-refractivity contribution < 1.29 is 4.74 Å². The Labute approximate surface area is 150 Å². The van der Waals surface area contributed by atoms with Gasteiger partial charge in [-0.2, -0.15) is 0 Å². The first-order valence-corrected chi connectivity index (χ1v) is 8.82. The number of benzene rings is 3. The fraction of sp³-hybridized carbons (Fsp3) is 0.167. The molecule has 1 nitrogen and oxygen atoms in total. The van der Waals surface area contributed by atoms with E-state index in [1.807, 2.05) is 12.1 Å². The largest absolute Gasteiger partial charge is 0.494 e. The lowest BCUT2D eigenvalue weighted by Gasteiger charge is -2.06. The van der Waals surface area contributed by atoms with Crippen molar-refractivity contribution in [3.63, 3.8) is 0 Å². The van der Waals surface area contributed by atoms with Crippen LogP contribution in [0.5, 0.6) is 5.75 Å². The third-order valence-corrected chi connectivity index (χ3v) is 4.12. The lowest BCUT2D eigenvalue weighted by molar-refractivity contribution is 0.317. The molecule has 0 radical (unpaired) electrons. The Morgan fingerprint density at radius 1 is 0.680 bits per heavy atom. The average molecular weight is 328 g/mol. The van der Waals surface area contributed by atoms with Gasteiger partial charge in [0.1, 0.15) is 5.75 Å². The molecule has 0 aliphatic heterocycles. The summed E-state index contributed by atoms with van der Waals surface area (Å²) in [7, 11) is 0. The van der Waals surface area contributed by atoms with Crippen molar-refractivity contribution in [3.05, 3.63) is 89.5 Å². The minimum atomic E-state index is 0.765. The topological polar surface area (TPSA) is 9.23 Å². The highest BCUT2D eigenvalue weighted by Crippen LogP contribution is 2.23. The monoisotopic (exact) mass is 328 g/mol. The van der Waals surface area contributed by atoms with Crippen LogP contribution in [-0.4, -0.2) is 6.61 Å². The van der Waals surface area contributed by atoms with Gasteiger partial charge in [-0.15, -0.1) is 0 Å². The lowest BCUT2D eigenvalue weighted by atomic mass is 10.0. The molecule has 0 unspecified atom stereocenters. The minimum absolute atomic E-state index is 0.765. The fourth-order valence-corrected chi connectivity index (χ4v) is 2.62. The van der Waals surface area contributed by atoms with Crippen molar-refractivity contribution in [2.75, 3.05) is 6.61 Å². The zero-order chi connectivity index (χ0) is 17.5. The van der Waals surface area contributed by atoms with E-state index in [1.54, 1.807) is 0 Å². The molecule has 0 N–H and O–H groups in total. The van der Waals surface area contributed by atoms with E-state index in [1.165, 1.54) is 27.8 Å². The van der Waals surface area contributed by atoms with Gasteiger partial charge in [-0.1, -0.05) is 85.3 Å². The molecule has 0 amide bonds. The minimum Gasteiger partial charge on any atom is -0.494 e. The molecule has 3 rings (SSSR count). The van der Waals surface area contributed by atoms with Gasteiger partial charge in [0.05, 0.1) is 6.61 Å². The first kappa shape index (κ1) is 17.0. The zero-order valence-electron chi connectivity index (χ0n) is 14.9. The first-order valence-electron chi connectivity index (χ1n) is 8.82. The van der Waals surface area contributed by atoms with Gasteiger partial charge < -0.3 is 4.74 Å². The maximum atomic E-state index is 5.64. The molecule has 0 aromatic heterocycles. The Morgan fingerprint density at radius 2 is 1.16 bits per heavy atom. The predicted molar refractivity (Wildman–Crippen MR) is 108 cm³/mol. The standard InChI is InChI=1S/C24H24O/c1-3-18-25-24-16-14-23(15-17-24)22-12-10-21(11-13-22)9-8-20-6-4-19(2)5-7-20/h4-17H,3,18H2,1-2H3. The molecule has 0 aliphatic rings. The van der Waals surface area contributed by atoms with Crippen molar-refractivity contribution >= 4 is 12.2 Å². The molecule has 3 aromatic rings. The van der Waals surface area contributed by atoms with Crippen LogP contribution in [0.15, 0.2) is 72.8 Å². The highest BCUT2D eigenvalue weighted by molar-refractivity contribution is 5.72. The Hall–Kier alpha value is -2.80. The second-order valence-electron chi connectivity index (χ2n) is 6.24. The molecule has 0 atom stereocenters. The molecular weight excluding hydrogens is 304 g/mol. The van der Waals surface area contributed by atoms with Crippen molar-refractivity contribution in [1.29, 1.82) is 0 Å². The Bertz CT molecular complexity index is 809. The van der Waals surface area contributed by atoms with Crippen LogP contribution >= 0.6 is 0 Å². The maximum Gasteiger partial charge on any atom is 0.119 e. The van der Waals surface area contributed by atoms with Crippen LogP contribution in [-0.2, 0) is 0 Å². The van der Waals surface area contributed by atoms with Gasteiger partial charge in [-0.05, 0) is 47.7 Å². The summed E-state index contributed by atoms with van der Waals surface area (Å²) in [5, 5.41) is 0. The third kappa shape index (κ3) is 4.84. The lowest BCUT2D eigenvalue weighted by Crippen LogP contribution is -1.94. The SMILES string of the molecule is CCCOc1ccc(-c2ccc(C=Cc3ccc(C)cc3)cc2)cc1. The highest BCUT2D eigenvalue weighted by Gasteiger charge is 1.99. The third-order valence-electron chi connectivity index (χ3n) is 4.12. The summed E-state index contributed by atoms with van der Waals surface area (Å²) in [6, 6.07) is 25.5. The van der Waals surface area contributed by atoms with Gasteiger partial charge in [-0.25, -0.2) is 0 Å². The maximum absolute atomic E-state index is 5.64. The van der Waals surface area contributed by atoms with Crippen LogP contribution in [0.3, 0.4) is 0 Å². The van der Waals surface area contributed by atoms with E-state index in [2.05, 4.69) is 86.7 Å². The summed E-state index contributed by atoms with van der Waals surface area (Å²) in [4.78, 5) is 0. The molecule has 3 aromatic carbocycles. The molecule has 25 heavy (non-hydrogen) atoms. The van der Waals surface area contributed by atoms with Crippen LogP contribution < -0.4 is 4.74 Å². The van der Waals surface area contributed by atoms with E-state index in [0.29, 0.717) is 0 Å². The van der Waals surface area contributed by atoms with Gasteiger partial charge in [0.25, 0.3) is 0 Å². The van der Waals surface area contributed by atoms with Crippen LogP contribution in [0.2, 0.25) is 0 Å². The molecule has 0 aliphatic carbocycles. The molecular formula is C24H24O. The number of aryl methyl sites for hydroxylation is 1. The van der Waals surface area contributed by atoms with E-state index >= 15 is 0 Å². The molecule has 0 heterocycles. The number of ether oxygens (including phenoxy) is 1. The van der Waals surface area contributed by atoms with Gasteiger partial charge in [-0.3, -0.25) is 0 Å². The van der Waals surface area contributed by atoms with Crippen LogP contribution in [0.25, 0.3) is 23.3 Å². The summed E-state index contributed by atoms with van der Waals surface area (Å²) in [6.45, 7) is 4.99. The van der Waals surface area contributed by atoms with Crippen molar-refractivity contribution in [3.8, 4) is 16.9 Å². The Morgan fingerprint density at radius 3 is 1.68 bits per heavy atom. The molecule has 0 fully saturated rings. The summed E-state index contributed by atoms with van der Waals surface area (Å²) in [5.74, 6) is 0.934. The van der Waals surface area contributed by atoms with Crippen LogP contribution in [0.4, 0.5) is 0 Å². The van der Waals surface area contributed by atoms with E-state index < -0.39 is 0 Å². The second-order valence-corrected chi connectivity index (χ2v) is 6.24. The molecule has 0 spiro atoms. The van der Waals surface area contributed by atoms with Gasteiger partial charge in [0, 0.05) is 0 Å². The summed E-state index contributed by atoms with van der Waals surface area (Å²) in [5.41, 5.74) is 6.13. The number of hydrogen-bond acceptors (Lipinski definition) is 1. The number of hydrogen-bond donors (Lipinski definition) is 0. The van der Waals surface area contributed by atoms with E-state index in [9.17, 15) is 0 Å². The van der Waals surface area contributed by atoms with Crippen LogP contribution in [0, 0.1) is 6.92 Å². The summed E-state index contributed by atoms with van der Waals surface area (Å²) >= 11 is 0. The van der Waals surface area contributed by atoms with Gasteiger partial charge >= 0.3 is 0 Å². The Kier molecular flexibility index (Phi) is 5.69. The van der Waals surface area contributed by atoms with Gasteiger partial charge in [0.15, 0.2) is 0 Å². The summed E-state index contributed by atoms with van der Waals surface area (Å²) < 4.78 is 5.64. The Balaban J connectivity index is 1.68. The summed E-state index contributed by atoms with van der Waals surface area (Å²) in [6.07, 6.45) is 5.32. The van der Waals surface area contributed by atoms with E-state index in [4.69, 9.17) is 4.74 Å². The fourth-order valence-electron chi connectivity index (χ4n) is 2.62. The molecule has 126 valence electrons. The molecule has 0 saturated heterocycles. The normalized spacial score (nSPS) is 11.0. The smallest absolute Gasteiger partial charge is 0.119 e. The highest BCUT2D eigenvalue weighted by atomic mass is 16.5. The first-order chi connectivity index (χ1) is 12.2. The quantitative estimate of drug-likeness (QED) is 0.462. The van der Waals surface area contributed by atoms with Crippen molar-refractivity contribution in [1.82, 2.24) is 0 Å². The average Bonchev–Trinajstić information content (AvgIpc) is 2.67. The molecule has 1 heteroatoms. The number of rotatable bonds is 6. The zero-order valence-corrected chi connectivity index (χ0v) is 14.9. The van der Waals surface area contributed by atoms with Crippen molar-refractivity contribution in [2.45, 2.75) is 20.3 Å². The van der Waals surface area contributed by atoms with E-state index in [-0.39, 0.29) is 0 Å². The second kappa shape index (κ2) is 8.34. The molecule has 0 saturated carbocycles.